The Bertz CT molecular complexity index is 401. The number of nitrogens with zero attached hydrogens (tertiary/aromatic N) is 1. The fraction of sp³-hybridized carbons (Fsp3) is 0.308. The molecule has 2 rings (SSSR count). The molecule has 0 aliphatic heterocycles. The molecule has 2 nitrogen and oxygen atoms in total. The van der Waals surface area contributed by atoms with Gasteiger partial charge in [0.1, 0.15) is 5.75 Å². The van der Waals surface area contributed by atoms with Gasteiger partial charge in [-0.3, -0.25) is 4.99 Å². The van der Waals surface area contributed by atoms with Gasteiger partial charge in [0.15, 0.2) is 0 Å². The van der Waals surface area contributed by atoms with Gasteiger partial charge in [-0.15, -0.1) is 0 Å². The van der Waals surface area contributed by atoms with Crippen molar-refractivity contribution >= 4 is 11.4 Å². The molecule has 0 fully saturated rings. The zero-order valence-corrected chi connectivity index (χ0v) is 9.16. The highest BCUT2D eigenvalue weighted by Gasteiger charge is 2.08. The van der Waals surface area contributed by atoms with Gasteiger partial charge in [0.05, 0.1) is 12.8 Å². The summed E-state index contributed by atoms with van der Waals surface area (Å²) in [6.45, 7) is 2.12. The largest absolute Gasteiger partial charge is 0.497 e. The van der Waals surface area contributed by atoms with Crippen molar-refractivity contribution < 1.29 is 4.74 Å². The van der Waals surface area contributed by atoms with Crippen LogP contribution in [0.4, 0.5) is 5.69 Å². The summed E-state index contributed by atoms with van der Waals surface area (Å²) in [7, 11) is 1.67. The van der Waals surface area contributed by atoms with E-state index in [4.69, 9.17) is 4.74 Å². The molecule has 1 aliphatic carbocycles. The first-order chi connectivity index (χ1) is 7.29. The molecule has 0 aromatic heterocycles. The lowest BCUT2D eigenvalue weighted by atomic mass is 10.2. The summed E-state index contributed by atoms with van der Waals surface area (Å²) in [6.07, 6.45) is 4.43. The molecule has 0 unspecified atom stereocenters. The highest BCUT2D eigenvalue weighted by atomic mass is 16.5. The van der Waals surface area contributed by atoms with Crippen molar-refractivity contribution in [3.63, 3.8) is 0 Å². The SMILES string of the molecule is COc1ccc(N=C2CCC=C2C)cc1. The Labute approximate surface area is 90.3 Å². The van der Waals surface area contributed by atoms with E-state index in [1.165, 1.54) is 11.3 Å². The molecule has 0 bridgehead atoms. The van der Waals surface area contributed by atoms with E-state index < -0.39 is 0 Å². The number of allylic oxidation sites excluding steroid dienone is 2. The summed E-state index contributed by atoms with van der Waals surface area (Å²) in [5, 5.41) is 0. The van der Waals surface area contributed by atoms with Gasteiger partial charge in [0.25, 0.3) is 0 Å². The number of hydrogen-bond acceptors (Lipinski definition) is 2. The monoisotopic (exact) mass is 201 g/mol. The molecule has 0 atom stereocenters. The third-order valence-electron chi connectivity index (χ3n) is 2.62. The first-order valence-electron chi connectivity index (χ1n) is 5.18. The minimum atomic E-state index is 0.873. The molecule has 0 saturated heterocycles. The number of ether oxygens (including phenoxy) is 1. The number of hydrogen-bond donors (Lipinski definition) is 0. The van der Waals surface area contributed by atoms with E-state index in [0.29, 0.717) is 0 Å². The van der Waals surface area contributed by atoms with Crippen LogP contribution < -0.4 is 4.74 Å². The van der Waals surface area contributed by atoms with Crippen LogP contribution >= 0.6 is 0 Å². The first-order valence-corrected chi connectivity index (χ1v) is 5.18. The van der Waals surface area contributed by atoms with Crippen molar-refractivity contribution in [3.05, 3.63) is 35.9 Å². The predicted molar refractivity (Wildman–Crippen MR) is 63.1 cm³/mol. The fourth-order valence-corrected chi connectivity index (χ4v) is 1.70. The van der Waals surface area contributed by atoms with Gasteiger partial charge < -0.3 is 4.74 Å². The van der Waals surface area contributed by atoms with Crippen LogP contribution in [-0.2, 0) is 0 Å². The Morgan fingerprint density at radius 1 is 1.20 bits per heavy atom. The molecular weight excluding hydrogens is 186 g/mol. The van der Waals surface area contributed by atoms with Gasteiger partial charge in [-0.05, 0) is 49.6 Å². The molecule has 0 spiro atoms. The summed E-state index contributed by atoms with van der Waals surface area (Å²) in [6, 6.07) is 7.84. The van der Waals surface area contributed by atoms with Crippen molar-refractivity contribution in [2.24, 2.45) is 4.99 Å². The third kappa shape index (κ3) is 2.27. The third-order valence-corrected chi connectivity index (χ3v) is 2.62. The number of methoxy groups -OCH3 is 1. The van der Waals surface area contributed by atoms with Crippen molar-refractivity contribution in [1.82, 2.24) is 0 Å². The maximum Gasteiger partial charge on any atom is 0.119 e. The van der Waals surface area contributed by atoms with Gasteiger partial charge in [-0.2, -0.15) is 0 Å². The summed E-state index contributed by atoms with van der Waals surface area (Å²) in [5.41, 5.74) is 3.52. The van der Waals surface area contributed by atoms with Crippen LogP contribution in [0.25, 0.3) is 0 Å². The Balaban J connectivity index is 2.20. The first kappa shape index (κ1) is 9.97. The Morgan fingerprint density at radius 3 is 2.47 bits per heavy atom. The zero-order chi connectivity index (χ0) is 10.7. The van der Waals surface area contributed by atoms with E-state index in [-0.39, 0.29) is 0 Å². The predicted octanol–water partition coefficient (Wildman–Crippen LogP) is 3.51. The Hall–Kier alpha value is -1.57. The molecule has 0 radical (unpaired) electrons. The van der Waals surface area contributed by atoms with Crippen LogP contribution in [0.15, 0.2) is 40.9 Å². The topological polar surface area (TPSA) is 21.6 Å². The van der Waals surface area contributed by atoms with Crippen molar-refractivity contribution in [2.45, 2.75) is 19.8 Å². The summed E-state index contributed by atoms with van der Waals surface area (Å²) in [4.78, 5) is 4.61. The van der Waals surface area contributed by atoms with Crippen LogP contribution in [0.1, 0.15) is 19.8 Å². The van der Waals surface area contributed by atoms with Crippen molar-refractivity contribution in [2.75, 3.05) is 7.11 Å². The van der Waals surface area contributed by atoms with E-state index in [1.807, 2.05) is 24.3 Å². The standard InChI is InChI=1S/C13H15NO/c1-10-4-3-5-13(10)14-11-6-8-12(15-2)9-7-11/h4,6-9H,3,5H2,1-2H3. The molecule has 1 aromatic carbocycles. The average molecular weight is 201 g/mol. The minimum absolute atomic E-state index is 0.873. The molecule has 15 heavy (non-hydrogen) atoms. The Kier molecular flexibility index (Phi) is 2.86. The molecule has 0 saturated carbocycles. The molecule has 0 N–H and O–H groups in total. The molecule has 1 aromatic rings. The highest BCUT2D eigenvalue weighted by Crippen LogP contribution is 2.22. The number of benzene rings is 1. The van der Waals surface area contributed by atoms with Gasteiger partial charge in [-0.25, -0.2) is 0 Å². The van der Waals surface area contributed by atoms with Crippen LogP contribution in [0, 0.1) is 0 Å². The summed E-state index contributed by atoms with van der Waals surface area (Å²) in [5.74, 6) is 0.873. The van der Waals surface area contributed by atoms with E-state index in [1.54, 1.807) is 7.11 Å². The normalized spacial score (nSPS) is 18.0. The summed E-state index contributed by atoms with van der Waals surface area (Å²) >= 11 is 0. The quantitative estimate of drug-likeness (QED) is 0.717. The second-order valence-corrected chi connectivity index (χ2v) is 3.68. The number of rotatable bonds is 2. The van der Waals surface area contributed by atoms with Crippen LogP contribution in [0.5, 0.6) is 5.75 Å². The van der Waals surface area contributed by atoms with Gasteiger partial charge in [-0.1, -0.05) is 6.08 Å². The molecule has 0 heterocycles. The minimum Gasteiger partial charge on any atom is -0.497 e. The zero-order valence-electron chi connectivity index (χ0n) is 9.16. The summed E-state index contributed by atoms with van der Waals surface area (Å²) < 4.78 is 5.10. The maximum atomic E-state index is 5.10. The van der Waals surface area contributed by atoms with Crippen molar-refractivity contribution in [1.29, 1.82) is 0 Å². The second kappa shape index (κ2) is 4.30. The Morgan fingerprint density at radius 2 is 1.93 bits per heavy atom. The molecule has 78 valence electrons. The lowest BCUT2D eigenvalue weighted by Gasteiger charge is -2.01. The van der Waals surface area contributed by atoms with E-state index in [2.05, 4.69) is 18.0 Å². The molecule has 0 amide bonds. The fourth-order valence-electron chi connectivity index (χ4n) is 1.70. The van der Waals surface area contributed by atoms with E-state index >= 15 is 0 Å². The highest BCUT2D eigenvalue weighted by molar-refractivity contribution is 6.03. The van der Waals surface area contributed by atoms with Gasteiger partial charge >= 0.3 is 0 Å². The van der Waals surface area contributed by atoms with Crippen LogP contribution in [0.3, 0.4) is 0 Å². The second-order valence-electron chi connectivity index (χ2n) is 3.68. The van der Waals surface area contributed by atoms with Crippen LogP contribution in [-0.4, -0.2) is 12.8 Å². The van der Waals surface area contributed by atoms with Gasteiger partial charge in [0.2, 0.25) is 0 Å². The lowest BCUT2D eigenvalue weighted by Crippen LogP contribution is -1.91. The molecule has 2 heteroatoms. The molecular formula is C13H15NO. The van der Waals surface area contributed by atoms with E-state index in [0.717, 1.165) is 24.3 Å². The molecule has 1 aliphatic rings. The van der Waals surface area contributed by atoms with E-state index in [9.17, 15) is 0 Å². The van der Waals surface area contributed by atoms with Crippen molar-refractivity contribution in [3.8, 4) is 5.75 Å². The maximum absolute atomic E-state index is 5.10. The smallest absolute Gasteiger partial charge is 0.119 e. The number of aliphatic imine (C=N–C) groups is 1. The van der Waals surface area contributed by atoms with Crippen LogP contribution in [0.2, 0.25) is 0 Å². The average Bonchev–Trinajstić information content (AvgIpc) is 2.66. The van der Waals surface area contributed by atoms with Gasteiger partial charge in [0, 0.05) is 5.71 Å². The lowest BCUT2D eigenvalue weighted by molar-refractivity contribution is 0.415.